The second-order valence-electron chi connectivity index (χ2n) is 3.10. The first kappa shape index (κ1) is 10.2. The third-order valence-electron chi connectivity index (χ3n) is 1.99. The molecule has 3 N–H and O–H groups in total. The summed E-state index contributed by atoms with van der Waals surface area (Å²) < 4.78 is 4.82. The van der Waals surface area contributed by atoms with Gasteiger partial charge >= 0.3 is 0 Å². The maximum atomic E-state index is 11.1. The van der Waals surface area contributed by atoms with Crippen molar-refractivity contribution in [1.82, 2.24) is 9.97 Å². The second kappa shape index (κ2) is 4.43. The minimum atomic E-state index is -0.518. The van der Waals surface area contributed by atoms with Gasteiger partial charge in [0.15, 0.2) is 6.39 Å². The van der Waals surface area contributed by atoms with Crippen molar-refractivity contribution in [3.05, 3.63) is 42.2 Å². The van der Waals surface area contributed by atoms with Crippen molar-refractivity contribution in [2.24, 2.45) is 5.73 Å². The molecule has 0 fully saturated rings. The van der Waals surface area contributed by atoms with Crippen molar-refractivity contribution < 1.29 is 9.21 Å². The lowest BCUT2D eigenvalue weighted by Crippen LogP contribution is -2.15. The molecule has 0 aliphatic rings. The van der Waals surface area contributed by atoms with Crippen LogP contribution in [0.15, 0.2) is 35.4 Å². The average molecular weight is 218 g/mol. The van der Waals surface area contributed by atoms with Crippen LogP contribution in [0.1, 0.15) is 16.1 Å². The zero-order valence-electron chi connectivity index (χ0n) is 8.38. The summed E-state index contributed by atoms with van der Waals surface area (Å²) in [6.07, 6.45) is 4.43. The van der Waals surface area contributed by atoms with Crippen molar-refractivity contribution in [1.29, 1.82) is 0 Å². The maximum absolute atomic E-state index is 11.1. The zero-order chi connectivity index (χ0) is 11.4. The molecule has 0 spiro atoms. The molecule has 1 amide bonds. The maximum Gasteiger partial charge on any atom is 0.252 e. The summed E-state index contributed by atoms with van der Waals surface area (Å²) in [5.74, 6) is -0.0752. The third-order valence-corrected chi connectivity index (χ3v) is 1.99. The van der Waals surface area contributed by atoms with Gasteiger partial charge < -0.3 is 15.5 Å². The molecule has 2 rings (SSSR count). The Morgan fingerprint density at radius 2 is 2.38 bits per heavy atom. The van der Waals surface area contributed by atoms with Gasteiger partial charge in [-0.25, -0.2) is 9.97 Å². The van der Waals surface area contributed by atoms with Crippen molar-refractivity contribution in [2.75, 3.05) is 5.32 Å². The SMILES string of the molecule is NC(=O)c1cccnc1NCc1cocn1. The normalized spacial score (nSPS) is 10.0. The van der Waals surface area contributed by atoms with E-state index in [1.165, 1.54) is 12.7 Å². The monoisotopic (exact) mass is 218 g/mol. The third kappa shape index (κ3) is 2.17. The van der Waals surface area contributed by atoms with Gasteiger partial charge in [-0.05, 0) is 12.1 Å². The van der Waals surface area contributed by atoms with Gasteiger partial charge in [-0.3, -0.25) is 4.79 Å². The molecule has 16 heavy (non-hydrogen) atoms. The Bertz CT molecular complexity index is 481. The van der Waals surface area contributed by atoms with Crippen molar-refractivity contribution in [2.45, 2.75) is 6.54 Å². The van der Waals surface area contributed by atoms with E-state index in [1.54, 1.807) is 18.3 Å². The first-order valence-corrected chi connectivity index (χ1v) is 4.63. The number of rotatable bonds is 4. The average Bonchev–Trinajstić information content (AvgIpc) is 2.79. The highest BCUT2D eigenvalue weighted by Gasteiger charge is 2.08. The smallest absolute Gasteiger partial charge is 0.252 e. The van der Waals surface area contributed by atoms with Gasteiger partial charge in [-0.2, -0.15) is 0 Å². The fourth-order valence-corrected chi connectivity index (χ4v) is 1.24. The van der Waals surface area contributed by atoms with Crippen molar-refractivity contribution in [3.8, 4) is 0 Å². The number of nitrogens with two attached hydrogens (primary N) is 1. The standard InChI is InChI=1S/C10H10N4O2/c11-9(15)8-2-1-3-12-10(8)13-4-7-5-16-6-14-7/h1-3,5-6H,4H2,(H2,11,15)(H,12,13). The van der Waals surface area contributed by atoms with Crippen LogP contribution in [0.2, 0.25) is 0 Å². The lowest BCUT2D eigenvalue weighted by atomic mass is 10.2. The minimum absolute atomic E-state index is 0.353. The van der Waals surface area contributed by atoms with E-state index in [1.807, 2.05) is 0 Å². The number of amides is 1. The molecular weight excluding hydrogens is 208 g/mol. The zero-order valence-corrected chi connectivity index (χ0v) is 8.38. The van der Waals surface area contributed by atoms with Crippen LogP contribution in [0, 0.1) is 0 Å². The molecule has 6 nitrogen and oxygen atoms in total. The molecular formula is C10H10N4O2. The van der Waals surface area contributed by atoms with Crippen molar-refractivity contribution >= 4 is 11.7 Å². The number of anilines is 1. The molecule has 2 heterocycles. The Labute approximate surface area is 91.5 Å². The summed E-state index contributed by atoms with van der Waals surface area (Å²) in [7, 11) is 0. The minimum Gasteiger partial charge on any atom is -0.451 e. The van der Waals surface area contributed by atoms with Crippen LogP contribution in [0.5, 0.6) is 0 Å². The molecule has 0 radical (unpaired) electrons. The van der Waals surface area contributed by atoms with Gasteiger partial charge in [0, 0.05) is 6.20 Å². The number of aromatic nitrogens is 2. The summed E-state index contributed by atoms with van der Waals surface area (Å²) in [5.41, 5.74) is 6.29. The molecule has 0 aliphatic heterocycles. The molecule has 0 bridgehead atoms. The Balaban J connectivity index is 2.12. The highest BCUT2D eigenvalue weighted by atomic mass is 16.3. The van der Waals surface area contributed by atoms with E-state index in [9.17, 15) is 4.79 Å². The summed E-state index contributed by atoms with van der Waals surface area (Å²) >= 11 is 0. The van der Waals surface area contributed by atoms with Gasteiger partial charge in [-0.1, -0.05) is 0 Å². The molecule has 0 saturated heterocycles. The highest BCUT2D eigenvalue weighted by Crippen LogP contribution is 2.11. The Hall–Kier alpha value is -2.37. The predicted octanol–water partition coefficient (Wildman–Crippen LogP) is 0.781. The van der Waals surface area contributed by atoms with E-state index in [0.29, 0.717) is 17.9 Å². The number of pyridine rings is 1. The van der Waals surface area contributed by atoms with Crippen LogP contribution in [-0.4, -0.2) is 15.9 Å². The first-order chi connectivity index (χ1) is 7.77. The highest BCUT2D eigenvalue weighted by molar-refractivity contribution is 5.97. The number of hydrogen-bond acceptors (Lipinski definition) is 5. The second-order valence-corrected chi connectivity index (χ2v) is 3.10. The number of hydrogen-bond donors (Lipinski definition) is 2. The number of nitrogens with one attached hydrogen (secondary N) is 1. The van der Waals surface area contributed by atoms with Gasteiger partial charge in [0.25, 0.3) is 5.91 Å². The van der Waals surface area contributed by atoms with Crippen LogP contribution in [0.4, 0.5) is 5.82 Å². The summed E-state index contributed by atoms with van der Waals surface area (Å²) in [5, 5.41) is 2.96. The number of carbonyl (C=O) groups is 1. The van der Waals surface area contributed by atoms with E-state index >= 15 is 0 Å². The van der Waals surface area contributed by atoms with Gasteiger partial charge in [-0.15, -0.1) is 0 Å². The molecule has 82 valence electrons. The molecule has 6 heteroatoms. The first-order valence-electron chi connectivity index (χ1n) is 4.63. The van der Waals surface area contributed by atoms with E-state index in [0.717, 1.165) is 5.69 Å². The fourth-order valence-electron chi connectivity index (χ4n) is 1.24. The van der Waals surface area contributed by atoms with E-state index in [4.69, 9.17) is 10.2 Å². The van der Waals surface area contributed by atoms with E-state index in [2.05, 4.69) is 15.3 Å². The van der Waals surface area contributed by atoms with Crippen molar-refractivity contribution in [3.63, 3.8) is 0 Å². The number of oxazole rings is 1. The van der Waals surface area contributed by atoms with Crippen LogP contribution in [-0.2, 0) is 6.54 Å². The summed E-state index contributed by atoms with van der Waals surface area (Å²) in [6.45, 7) is 0.424. The van der Waals surface area contributed by atoms with Crippen LogP contribution in [0.25, 0.3) is 0 Å². The molecule has 0 atom stereocenters. The number of primary amides is 1. The number of nitrogens with zero attached hydrogens (tertiary/aromatic N) is 2. The Morgan fingerprint density at radius 3 is 3.06 bits per heavy atom. The summed E-state index contributed by atoms with van der Waals surface area (Å²) in [4.78, 5) is 19.1. The van der Waals surface area contributed by atoms with Gasteiger partial charge in [0.05, 0.1) is 17.8 Å². The van der Waals surface area contributed by atoms with Crippen LogP contribution in [0.3, 0.4) is 0 Å². The van der Waals surface area contributed by atoms with Crippen LogP contribution < -0.4 is 11.1 Å². The predicted molar refractivity (Wildman–Crippen MR) is 56.6 cm³/mol. The molecule has 0 unspecified atom stereocenters. The molecule has 0 saturated carbocycles. The van der Waals surface area contributed by atoms with E-state index < -0.39 is 5.91 Å². The molecule has 0 aliphatic carbocycles. The topological polar surface area (TPSA) is 94.0 Å². The largest absolute Gasteiger partial charge is 0.451 e. The quantitative estimate of drug-likeness (QED) is 0.790. The fraction of sp³-hybridized carbons (Fsp3) is 0.100. The molecule has 0 aromatic carbocycles. The lowest BCUT2D eigenvalue weighted by molar-refractivity contribution is 0.100. The molecule has 2 aromatic rings. The van der Waals surface area contributed by atoms with Gasteiger partial charge in [0.2, 0.25) is 0 Å². The van der Waals surface area contributed by atoms with E-state index in [-0.39, 0.29) is 0 Å². The van der Waals surface area contributed by atoms with Crippen LogP contribution >= 0.6 is 0 Å². The Kier molecular flexibility index (Phi) is 2.81. The lowest BCUT2D eigenvalue weighted by Gasteiger charge is -2.06. The molecule has 2 aromatic heterocycles. The Morgan fingerprint density at radius 1 is 1.50 bits per heavy atom. The summed E-state index contributed by atoms with van der Waals surface area (Å²) in [6, 6.07) is 3.27. The number of carbonyl (C=O) groups excluding carboxylic acids is 1. The van der Waals surface area contributed by atoms with Gasteiger partial charge in [0.1, 0.15) is 12.1 Å².